The highest BCUT2D eigenvalue weighted by Gasteiger charge is 2.26. The lowest BCUT2D eigenvalue weighted by molar-refractivity contribution is -0.126. The monoisotopic (exact) mass is 270 g/mol. The van der Waals surface area contributed by atoms with E-state index >= 15 is 0 Å². The summed E-state index contributed by atoms with van der Waals surface area (Å²) >= 11 is 0. The highest BCUT2D eigenvalue weighted by atomic mass is 16.5. The highest BCUT2D eigenvalue weighted by molar-refractivity contribution is 5.78. The van der Waals surface area contributed by atoms with Crippen LogP contribution < -0.4 is 11.1 Å². The van der Waals surface area contributed by atoms with Gasteiger partial charge in [-0.2, -0.15) is 0 Å². The number of nitrogens with one attached hydrogen (secondary N) is 1. The Hall–Kier alpha value is -0.610. The molecule has 0 radical (unpaired) electrons. The lowest BCUT2D eigenvalue weighted by Crippen LogP contribution is -2.36. The largest absolute Gasteiger partial charge is 0.380 e. The van der Waals surface area contributed by atoms with Gasteiger partial charge in [-0.05, 0) is 38.1 Å². The number of ether oxygens (including phenoxy) is 1. The predicted molar refractivity (Wildman–Crippen MR) is 77.9 cm³/mol. The maximum atomic E-state index is 12.0. The van der Waals surface area contributed by atoms with Crippen molar-refractivity contribution in [1.82, 2.24) is 5.32 Å². The zero-order chi connectivity index (χ0) is 13.9. The standard InChI is InChI=1S/C15H30N2O2/c1-2-3-10-19-11-9-17-15(18)14-6-4-5-13(12-14)7-8-16/h13-14H,2-12,16H2,1H3,(H,17,18). The van der Waals surface area contributed by atoms with Gasteiger partial charge < -0.3 is 15.8 Å². The average molecular weight is 270 g/mol. The van der Waals surface area contributed by atoms with E-state index in [1.54, 1.807) is 0 Å². The first-order valence-electron chi connectivity index (χ1n) is 7.83. The molecule has 0 heterocycles. The number of hydrogen-bond donors (Lipinski definition) is 2. The van der Waals surface area contributed by atoms with Crippen LogP contribution in [0.25, 0.3) is 0 Å². The Bertz CT molecular complexity index is 244. The van der Waals surface area contributed by atoms with Gasteiger partial charge in [0.2, 0.25) is 5.91 Å². The number of amides is 1. The van der Waals surface area contributed by atoms with Crippen LogP contribution >= 0.6 is 0 Å². The second-order valence-corrected chi connectivity index (χ2v) is 5.56. The van der Waals surface area contributed by atoms with Crippen LogP contribution in [0.4, 0.5) is 0 Å². The van der Waals surface area contributed by atoms with E-state index in [-0.39, 0.29) is 11.8 Å². The summed E-state index contributed by atoms with van der Waals surface area (Å²) in [5, 5.41) is 3.00. The number of rotatable bonds is 9. The highest BCUT2D eigenvalue weighted by Crippen LogP contribution is 2.30. The van der Waals surface area contributed by atoms with E-state index in [0.29, 0.717) is 19.1 Å². The molecule has 0 bridgehead atoms. The van der Waals surface area contributed by atoms with Gasteiger partial charge in [-0.3, -0.25) is 4.79 Å². The van der Waals surface area contributed by atoms with Crippen molar-refractivity contribution < 1.29 is 9.53 Å². The molecular formula is C15H30N2O2. The minimum atomic E-state index is 0.195. The molecule has 1 rings (SSSR count). The summed E-state index contributed by atoms with van der Waals surface area (Å²) in [5.41, 5.74) is 5.60. The van der Waals surface area contributed by atoms with Crippen molar-refractivity contribution in [3.8, 4) is 0 Å². The van der Waals surface area contributed by atoms with Gasteiger partial charge in [0, 0.05) is 19.1 Å². The average Bonchev–Trinajstić information content (AvgIpc) is 2.43. The molecule has 2 atom stereocenters. The summed E-state index contributed by atoms with van der Waals surface area (Å²) in [4.78, 5) is 12.0. The topological polar surface area (TPSA) is 64.3 Å². The molecule has 19 heavy (non-hydrogen) atoms. The molecule has 1 amide bonds. The molecule has 3 N–H and O–H groups in total. The molecule has 0 spiro atoms. The van der Waals surface area contributed by atoms with Gasteiger partial charge in [0.15, 0.2) is 0 Å². The molecule has 0 aromatic rings. The number of carbonyl (C=O) groups excluding carboxylic acids is 1. The van der Waals surface area contributed by atoms with E-state index in [0.717, 1.165) is 51.7 Å². The number of carbonyl (C=O) groups is 1. The first-order chi connectivity index (χ1) is 9.27. The van der Waals surface area contributed by atoms with Crippen LogP contribution in [0.15, 0.2) is 0 Å². The lowest BCUT2D eigenvalue weighted by Gasteiger charge is -2.28. The molecule has 4 heteroatoms. The summed E-state index contributed by atoms with van der Waals surface area (Å²) in [6.45, 7) is 4.95. The molecule has 0 aliphatic heterocycles. The second kappa shape index (κ2) is 10.2. The second-order valence-electron chi connectivity index (χ2n) is 5.56. The van der Waals surface area contributed by atoms with Crippen LogP contribution in [-0.2, 0) is 9.53 Å². The first kappa shape index (κ1) is 16.4. The predicted octanol–water partition coefficient (Wildman–Crippen LogP) is 2.07. The molecule has 1 aliphatic carbocycles. The molecule has 0 aromatic heterocycles. The normalized spacial score (nSPS) is 23.3. The zero-order valence-electron chi connectivity index (χ0n) is 12.3. The van der Waals surface area contributed by atoms with Crippen molar-refractivity contribution in [3.05, 3.63) is 0 Å². The minimum absolute atomic E-state index is 0.195. The van der Waals surface area contributed by atoms with Crippen molar-refractivity contribution in [2.75, 3.05) is 26.3 Å². The molecular weight excluding hydrogens is 240 g/mol. The van der Waals surface area contributed by atoms with E-state index in [4.69, 9.17) is 10.5 Å². The summed E-state index contributed by atoms with van der Waals surface area (Å²) in [7, 11) is 0. The van der Waals surface area contributed by atoms with E-state index in [9.17, 15) is 4.79 Å². The Labute approximate surface area is 117 Å². The quantitative estimate of drug-likeness (QED) is 0.630. The number of hydrogen-bond acceptors (Lipinski definition) is 3. The molecule has 2 unspecified atom stereocenters. The van der Waals surface area contributed by atoms with Crippen LogP contribution in [0.5, 0.6) is 0 Å². The van der Waals surface area contributed by atoms with Crippen LogP contribution in [0.3, 0.4) is 0 Å². The molecule has 4 nitrogen and oxygen atoms in total. The third-order valence-corrected chi connectivity index (χ3v) is 3.92. The Balaban J connectivity index is 2.11. The van der Waals surface area contributed by atoms with Gasteiger partial charge in [-0.25, -0.2) is 0 Å². The molecule has 1 aliphatic rings. The number of nitrogens with two attached hydrogens (primary N) is 1. The van der Waals surface area contributed by atoms with Gasteiger partial charge in [0.25, 0.3) is 0 Å². The van der Waals surface area contributed by atoms with Crippen molar-refractivity contribution in [2.45, 2.75) is 51.9 Å². The summed E-state index contributed by atoms with van der Waals surface area (Å²) in [6.07, 6.45) is 7.75. The molecule has 1 saturated carbocycles. The van der Waals surface area contributed by atoms with E-state index in [1.807, 2.05) is 0 Å². The van der Waals surface area contributed by atoms with Gasteiger partial charge in [-0.15, -0.1) is 0 Å². The first-order valence-corrected chi connectivity index (χ1v) is 7.83. The molecule has 0 aromatic carbocycles. The van der Waals surface area contributed by atoms with Crippen molar-refractivity contribution in [1.29, 1.82) is 0 Å². The van der Waals surface area contributed by atoms with E-state index < -0.39 is 0 Å². The summed E-state index contributed by atoms with van der Waals surface area (Å²) in [6, 6.07) is 0. The fourth-order valence-electron chi connectivity index (χ4n) is 2.77. The fraction of sp³-hybridized carbons (Fsp3) is 0.933. The van der Waals surface area contributed by atoms with E-state index in [2.05, 4.69) is 12.2 Å². The van der Waals surface area contributed by atoms with Gasteiger partial charge in [-0.1, -0.05) is 26.2 Å². The Kier molecular flexibility index (Phi) is 8.84. The van der Waals surface area contributed by atoms with Crippen LogP contribution in [-0.4, -0.2) is 32.2 Å². The third kappa shape index (κ3) is 6.92. The SMILES string of the molecule is CCCCOCCNC(=O)C1CCCC(CCN)C1. The Morgan fingerprint density at radius 2 is 2.21 bits per heavy atom. The summed E-state index contributed by atoms with van der Waals surface area (Å²) in [5.74, 6) is 1.05. The van der Waals surface area contributed by atoms with Gasteiger partial charge >= 0.3 is 0 Å². The maximum absolute atomic E-state index is 12.0. The third-order valence-electron chi connectivity index (χ3n) is 3.92. The van der Waals surface area contributed by atoms with Crippen LogP contribution in [0.1, 0.15) is 51.9 Å². The van der Waals surface area contributed by atoms with Crippen LogP contribution in [0.2, 0.25) is 0 Å². The van der Waals surface area contributed by atoms with Crippen LogP contribution in [0, 0.1) is 11.8 Å². The smallest absolute Gasteiger partial charge is 0.223 e. The molecule has 0 saturated heterocycles. The Morgan fingerprint density at radius 1 is 1.37 bits per heavy atom. The zero-order valence-corrected chi connectivity index (χ0v) is 12.3. The van der Waals surface area contributed by atoms with Gasteiger partial charge in [0.1, 0.15) is 0 Å². The van der Waals surface area contributed by atoms with Crippen molar-refractivity contribution in [3.63, 3.8) is 0 Å². The molecule has 1 fully saturated rings. The van der Waals surface area contributed by atoms with Crippen molar-refractivity contribution in [2.24, 2.45) is 17.6 Å². The lowest BCUT2D eigenvalue weighted by atomic mass is 9.79. The maximum Gasteiger partial charge on any atom is 0.223 e. The summed E-state index contributed by atoms with van der Waals surface area (Å²) < 4.78 is 5.44. The number of unbranched alkanes of at least 4 members (excludes halogenated alkanes) is 1. The fourth-order valence-corrected chi connectivity index (χ4v) is 2.77. The molecule has 112 valence electrons. The minimum Gasteiger partial charge on any atom is -0.380 e. The van der Waals surface area contributed by atoms with E-state index in [1.165, 1.54) is 6.42 Å². The van der Waals surface area contributed by atoms with Crippen molar-refractivity contribution >= 4 is 5.91 Å². The Morgan fingerprint density at radius 3 is 2.95 bits per heavy atom. The van der Waals surface area contributed by atoms with Gasteiger partial charge in [0.05, 0.1) is 6.61 Å².